The lowest BCUT2D eigenvalue weighted by molar-refractivity contribution is -0.136. The number of dihydropyridines is 1. The highest BCUT2D eigenvalue weighted by Crippen LogP contribution is 2.46. The molecule has 5 rings (SSSR count). The predicted molar refractivity (Wildman–Crippen MR) is 136 cm³/mol. The van der Waals surface area contributed by atoms with Gasteiger partial charge in [-0.1, -0.05) is 65.7 Å². The maximum Gasteiger partial charge on any atom is 0.336 e. The molecular weight excluding hydrogens is 485 g/mol. The zero-order valence-electron chi connectivity index (χ0n) is 19.0. The first-order chi connectivity index (χ1) is 16.9. The number of carbonyl (C=O) groups excluding carboxylic acids is 2. The maximum atomic E-state index is 13.4. The van der Waals surface area contributed by atoms with Crippen LogP contribution in [-0.2, 0) is 16.1 Å². The molecule has 0 saturated carbocycles. The number of allylic oxidation sites excluding steroid dienone is 2. The third-order valence-corrected chi connectivity index (χ3v) is 7.00. The van der Waals surface area contributed by atoms with Gasteiger partial charge in [0, 0.05) is 28.3 Å². The summed E-state index contributed by atoms with van der Waals surface area (Å²) < 4.78 is 11.0. The number of methoxy groups -OCH3 is 1. The van der Waals surface area contributed by atoms with Crippen LogP contribution in [0.15, 0.2) is 83.6 Å². The average molecular weight is 506 g/mol. The lowest BCUT2D eigenvalue weighted by Crippen LogP contribution is -2.29. The summed E-state index contributed by atoms with van der Waals surface area (Å²) >= 11 is 12.1. The molecule has 35 heavy (non-hydrogen) atoms. The molecule has 176 valence electrons. The van der Waals surface area contributed by atoms with E-state index >= 15 is 0 Å². The first kappa shape index (κ1) is 23.2. The van der Waals surface area contributed by atoms with Gasteiger partial charge in [0.15, 0.2) is 5.78 Å². The summed E-state index contributed by atoms with van der Waals surface area (Å²) in [5.41, 5.74) is 5.49. The second-order valence-corrected chi connectivity index (χ2v) is 9.17. The Kier molecular flexibility index (Phi) is 6.13. The molecule has 1 aliphatic heterocycles. The summed E-state index contributed by atoms with van der Waals surface area (Å²) in [7, 11) is 1.34. The molecular formula is C28H21Cl2NO4. The number of esters is 1. The van der Waals surface area contributed by atoms with Gasteiger partial charge in [0.2, 0.25) is 0 Å². The van der Waals surface area contributed by atoms with Crippen molar-refractivity contribution < 1.29 is 19.1 Å². The maximum absolute atomic E-state index is 13.4. The van der Waals surface area contributed by atoms with Crippen molar-refractivity contribution in [3.05, 3.63) is 116 Å². The lowest BCUT2D eigenvalue weighted by Gasteiger charge is -2.29. The molecule has 3 aromatic carbocycles. The molecule has 1 atom stereocenters. The number of carbonyl (C=O) groups is 2. The van der Waals surface area contributed by atoms with E-state index in [4.69, 9.17) is 32.7 Å². The number of rotatable bonds is 5. The predicted octanol–water partition coefficient (Wildman–Crippen LogP) is 6.31. The van der Waals surface area contributed by atoms with E-state index < -0.39 is 11.9 Å². The van der Waals surface area contributed by atoms with E-state index in [1.54, 1.807) is 12.1 Å². The molecule has 0 unspecified atom stereocenters. The largest absolute Gasteiger partial charge is 0.489 e. The van der Waals surface area contributed by atoms with Crippen LogP contribution < -0.4 is 10.1 Å². The average Bonchev–Trinajstić information content (AvgIpc) is 3.15. The highest BCUT2D eigenvalue weighted by atomic mass is 35.5. The summed E-state index contributed by atoms with van der Waals surface area (Å²) in [5.74, 6) is -0.496. The third-order valence-electron chi connectivity index (χ3n) is 6.26. The molecule has 7 heteroatoms. The topological polar surface area (TPSA) is 64.6 Å². The molecule has 1 N–H and O–H groups in total. The van der Waals surface area contributed by atoms with E-state index in [2.05, 4.69) is 5.32 Å². The number of Topliss-reactive ketones (excluding diaryl/α,β-unsaturated/α-hetero) is 1. The molecule has 1 heterocycles. The first-order valence-electron chi connectivity index (χ1n) is 11.0. The van der Waals surface area contributed by atoms with Crippen molar-refractivity contribution in [1.82, 2.24) is 5.32 Å². The van der Waals surface area contributed by atoms with Crippen LogP contribution in [0.1, 0.15) is 39.9 Å². The number of benzene rings is 3. The van der Waals surface area contributed by atoms with Crippen LogP contribution in [0.25, 0.3) is 5.70 Å². The van der Waals surface area contributed by atoms with E-state index in [1.165, 1.54) is 7.11 Å². The SMILES string of the molecule is COC(=O)C1=C(C)NC2=C(C(=O)c3ccccc32)[C@H]1c1ccc(OCc2ccc(Cl)c(Cl)c2)cc1. The van der Waals surface area contributed by atoms with Gasteiger partial charge in [0.1, 0.15) is 12.4 Å². The van der Waals surface area contributed by atoms with Crippen LogP contribution >= 0.6 is 23.2 Å². The highest BCUT2D eigenvalue weighted by Gasteiger charge is 2.42. The van der Waals surface area contributed by atoms with Crippen molar-refractivity contribution in [2.75, 3.05) is 7.11 Å². The minimum atomic E-state index is -0.567. The first-order valence-corrected chi connectivity index (χ1v) is 11.8. The van der Waals surface area contributed by atoms with E-state index in [1.807, 2.05) is 61.5 Å². The number of hydrogen-bond donors (Lipinski definition) is 1. The fourth-order valence-corrected chi connectivity index (χ4v) is 4.92. The van der Waals surface area contributed by atoms with Gasteiger partial charge in [-0.3, -0.25) is 4.79 Å². The fraction of sp³-hybridized carbons (Fsp3) is 0.143. The molecule has 0 saturated heterocycles. The Labute approximate surface area is 213 Å². The fourth-order valence-electron chi connectivity index (χ4n) is 4.60. The summed E-state index contributed by atoms with van der Waals surface area (Å²) in [6.45, 7) is 2.14. The molecule has 0 aromatic heterocycles. The van der Waals surface area contributed by atoms with Gasteiger partial charge in [-0.05, 0) is 42.3 Å². The number of halogens is 2. The Morgan fingerprint density at radius 1 is 0.971 bits per heavy atom. The van der Waals surface area contributed by atoms with Crippen LogP contribution in [0.5, 0.6) is 5.75 Å². The van der Waals surface area contributed by atoms with Gasteiger partial charge in [0.05, 0.1) is 28.4 Å². The van der Waals surface area contributed by atoms with Gasteiger partial charge in [0.25, 0.3) is 0 Å². The molecule has 0 fully saturated rings. The smallest absolute Gasteiger partial charge is 0.336 e. The molecule has 0 spiro atoms. The normalized spacial score (nSPS) is 16.6. The number of hydrogen-bond acceptors (Lipinski definition) is 5. The summed E-state index contributed by atoms with van der Waals surface area (Å²) in [4.78, 5) is 26.2. The summed E-state index contributed by atoms with van der Waals surface area (Å²) in [6, 6.07) is 20.2. The van der Waals surface area contributed by atoms with Crippen LogP contribution in [-0.4, -0.2) is 18.9 Å². The second kappa shape index (κ2) is 9.25. The second-order valence-electron chi connectivity index (χ2n) is 8.36. The molecule has 0 bridgehead atoms. The highest BCUT2D eigenvalue weighted by molar-refractivity contribution is 6.42. The quantitative estimate of drug-likeness (QED) is 0.411. The standard InChI is InChI=1S/C28H21Cl2NO4/c1-15-23(28(33)34-2)24(25-26(31-15)19-5-3-4-6-20(19)27(25)32)17-8-10-18(11-9-17)35-14-16-7-12-21(29)22(30)13-16/h3-13,24,31H,14H2,1-2H3/t24-/m0/s1. The van der Waals surface area contributed by atoms with E-state index in [-0.39, 0.29) is 5.78 Å². The Bertz CT molecular complexity index is 1420. The van der Waals surface area contributed by atoms with Gasteiger partial charge in [-0.25, -0.2) is 4.79 Å². The van der Waals surface area contributed by atoms with Crippen LogP contribution in [0.3, 0.4) is 0 Å². The van der Waals surface area contributed by atoms with E-state index in [9.17, 15) is 9.59 Å². The molecule has 5 nitrogen and oxygen atoms in total. The van der Waals surface area contributed by atoms with Crippen LogP contribution in [0.2, 0.25) is 10.0 Å². The van der Waals surface area contributed by atoms with E-state index in [0.29, 0.717) is 44.8 Å². The van der Waals surface area contributed by atoms with Gasteiger partial charge < -0.3 is 14.8 Å². The number of ketones is 1. The van der Waals surface area contributed by atoms with Gasteiger partial charge in [-0.2, -0.15) is 0 Å². The van der Waals surface area contributed by atoms with Gasteiger partial charge in [-0.15, -0.1) is 0 Å². The number of fused-ring (bicyclic) bond motifs is 2. The van der Waals surface area contributed by atoms with Crippen molar-refractivity contribution in [2.24, 2.45) is 0 Å². The Hall–Kier alpha value is -3.54. The lowest BCUT2D eigenvalue weighted by atomic mass is 9.80. The third kappa shape index (κ3) is 4.11. The molecule has 3 aromatic rings. The monoisotopic (exact) mass is 505 g/mol. The molecule has 0 radical (unpaired) electrons. The van der Waals surface area contributed by atoms with Crippen LogP contribution in [0.4, 0.5) is 0 Å². The minimum Gasteiger partial charge on any atom is -0.489 e. The van der Waals surface area contributed by atoms with Crippen molar-refractivity contribution >= 4 is 40.7 Å². The van der Waals surface area contributed by atoms with Crippen molar-refractivity contribution in [2.45, 2.75) is 19.4 Å². The summed E-state index contributed by atoms with van der Waals surface area (Å²) in [5, 5.41) is 4.24. The van der Waals surface area contributed by atoms with E-state index in [0.717, 1.165) is 22.4 Å². The zero-order chi connectivity index (χ0) is 24.7. The van der Waals surface area contributed by atoms with Crippen molar-refractivity contribution in [1.29, 1.82) is 0 Å². The Morgan fingerprint density at radius 2 is 1.69 bits per heavy atom. The van der Waals surface area contributed by atoms with Crippen molar-refractivity contribution in [3.63, 3.8) is 0 Å². The van der Waals surface area contributed by atoms with Gasteiger partial charge >= 0.3 is 5.97 Å². The zero-order valence-corrected chi connectivity index (χ0v) is 20.5. The number of nitrogens with one attached hydrogen (secondary N) is 1. The molecule has 2 aliphatic rings. The number of ether oxygens (including phenoxy) is 2. The Balaban J connectivity index is 1.48. The summed E-state index contributed by atoms with van der Waals surface area (Å²) in [6.07, 6.45) is 0. The molecule has 0 amide bonds. The minimum absolute atomic E-state index is 0.0954. The van der Waals surface area contributed by atoms with Crippen LogP contribution in [0, 0.1) is 0 Å². The molecule has 1 aliphatic carbocycles. The Morgan fingerprint density at radius 3 is 2.37 bits per heavy atom. The van der Waals surface area contributed by atoms with Crippen molar-refractivity contribution in [3.8, 4) is 5.75 Å².